The fraction of sp³-hybridized carbons (Fsp3) is 0.0800. The smallest absolute Gasteiger partial charge is 0.131 e. The molecule has 0 radical (unpaired) electrons. The lowest BCUT2D eigenvalue weighted by Crippen LogP contribution is -2.28. The summed E-state index contributed by atoms with van der Waals surface area (Å²) in [6, 6.07) is 21.1. The van der Waals surface area contributed by atoms with Crippen LogP contribution >= 0.6 is 0 Å². The summed E-state index contributed by atoms with van der Waals surface area (Å²) in [7, 11) is 0. The van der Waals surface area contributed by atoms with Crippen LogP contribution in [-0.4, -0.2) is 4.98 Å². The number of allylic oxidation sites excluding steroid dienone is 4. The average Bonchev–Trinajstić information content (AvgIpc) is 2.74. The Labute approximate surface area is 164 Å². The zero-order chi connectivity index (χ0) is 19.1. The van der Waals surface area contributed by atoms with Crippen molar-refractivity contribution in [2.75, 3.05) is 4.90 Å². The highest BCUT2D eigenvalue weighted by Gasteiger charge is 2.31. The quantitative estimate of drug-likeness (QED) is 0.553. The summed E-state index contributed by atoms with van der Waals surface area (Å²) in [4.78, 5) is 6.82. The maximum atomic E-state index is 14.7. The molecule has 0 unspecified atom stereocenters. The Morgan fingerprint density at radius 1 is 0.893 bits per heavy atom. The molecule has 0 amide bonds. The second-order valence-corrected chi connectivity index (χ2v) is 7.03. The summed E-state index contributed by atoms with van der Waals surface area (Å²) < 4.78 is 14.7. The first-order valence-electron chi connectivity index (χ1n) is 9.42. The normalized spacial score (nSPS) is 15.8. The van der Waals surface area contributed by atoms with Crippen molar-refractivity contribution in [1.82, 2.24) is 4.98 Å². The van der Waals surface area contributed by atoms with Crippen LogP contribution in [0.15, 0.2) is 97.0 Å². The first kappa shape index (κ1) is 16.7. The molecule has 1 aliphatic heterocycles. The molecule has 3 aromatic rings. The van der Waals surface area contributed by atoms with Crippen LogP contribution < -0.4 is 4.90 Å². The van der Waals surface area contributed by atoms with E-state index in [0.717, 1.165) is 41.1 Å². The molecule has 0 saturated carbocycles. The van der Waals surface area contributed by atoms with E-state index in [1.165, 1.54) is 17.3 Å². The summed E-state index contributed by atoms with van der Waals surface area (Å²) in [5.74, 6) is -0.246. The van der Waals surface area contributed by atoms with Crippen molar-refractivity contribution in [3.05, 3.63) is 120 Å². The van der Waals surface area contributed by atoms with Crippen molar-refractivity contribution in [3.8, 4) is 0 Å². The van der Waals surface area contributed by atoms with Crippen LogP contribution in [0.1, 0.15) is 23.2 Å². The minimum Gasteiger partial charge on any atom is -0.314 e. The third-order valence-corrected chi connectivity index (χ3v) is 5.41. The molecule has 1 aromatic heterocycles. The van der Waals surface area contributed by atoms with Gasteiger partial charge in [0.25, 0.3) is 0 Å². The number of pyridine rings is 1. The van der Waals surface area contributed by atoms with Gasteiger partial charge >= 0.3 is 0 Å². The van der Waals surface area contributed by atoms with Crippen LogP contribution in [0.2, 0.25) is 0 Å². The number of hydrogen-bond acceptors (Lipinski definition) is 2. The maximum Gasteiger partial charge on any atom is 0.131 e. The predicted molar refractivity (Wildman–Crippen MR) is 112 cm³/mol. The van der Waals surface area contributed by atoms with Crippen molar-refractivity contribution >= 4 is 16.8 Å². The zero-order valence-electron chi connectivity index (χ0n) is 15.4. The number of para-hydroxylation sites is 1. The van der Waals surface area contributed by atoms with Crippen molar-refractivity contribution in [2.45, 2.75) is 12.8 Å². The number of rotatable bonds is 2. The minimum atomic E-state index is -0.246. The molecular weight excluding hydrogens is 347 g/mol. The fourth-order valence-electron chi connectivity index (χ4n) is 4.10. The largest absolute Gasteiger partial charge is 0.314 e. The number of fused-ring (bicyclic) bond motifs is 2. The van der Waals surface area contributed by atoms with Gasteiger partial charge in [-0.2, -0.15) is 0 Å². The van der Waals surface area contributed by atoms with Crippen LogP contribution in [0.5, 0.6) is 0 Å². The van der Waals surface area contributed by atoms with Gasteiger partial charge in [-0.1, -0.05) is 49.0 Å². The number of aromatic nitrogens is 1. The van der Waals surface area contributed by atoms with Gasteiger partial charge in [-0.05, 0) is 48.7 Å². The first-order valence-corrected chi connectivity index (χ1v) is 9.42. The molecule has 5 rings (SSSR count). The summed E-state index contributed by atoms with van der Waals surface area (Å²) in [5.41, 5.74) is 7.59. The van der Waals surface area contributed by atoms with E-state index in [1.807, 2.05) is 42.6 Å². The Hall–Kier alpha value is -3.46. The molecule has 0 bridgehead atoms. The Morgan fingerprint density at radius 2 is 1.68 bits per heavy atom. The van der Waals surface area contributed by atoms with E-state index in [4.69, 9.17) is 0 Å². The molecule has 3 heteroatoms. The molecule has 2 nitrogen and oxygen atoms in total. The van der Waals surface area contributed by atoms with E-state index in [1.54, 1.807) is 6.07 Å². The van der Waals surface area contributed by atoms with Crippen LogP contribution in [0, 0.1) is 5.82 Å². The molecular formula is C25H19FN2. The van der Waals surface area contributed by atoms with Gasteiger partial charge in [0, 0.05) is 40.0 Å². The molecule has 28 heavy (non-hydrogen) atoms. The van der Waals surface area contributed by atoms with Crippen LogP contribution in [0.25, 0.3) is 11.1 Å². The van der Waals surface area contributed by atoms with Gasteiger partial charge in [0.15, 0.2) is 0 Å². The number of aryl methyl sites for hydroxylation is 1. The summed E-state index contributed by atoms with van der Waals surface area (Å²) in [5, 5.41) is 0. The Balaban J connectivity index is 1.77. The van der Waals surface area contributed by atoms with E-state index >= 15 is 0 Å². The van der Waals surface area contributed by atoms with Gasteiger partial charge in [-0.15, -0.1) is 0 Å². The van der Waals surface area contributed by atoms with Gasteiger partial charge < -0.3 is 4.90 Å². The number of anilines is 1. The van der Waals surface area contributed by atoms with E-state index in [0.29, 0.717) is 5.56 Å². The lowest BCUT2D eigenvalue weighted by Gasteiger charge is -2.38. The van der Waals surface area contributed by atoms with Gasteiger partial charge in [0.2, 0.25) is 0 Å². The molecule has 1 aliphatic carbocycles. The average molecular weight is 366 g/mol. The summed E-state index contributed by atoms with van der Waals surface area (Å²) >= 11 is 0. The standard InChI is InChI=1S/C25H19FN2/c1-17-21(20-11-5-6-12-23(20)26)16-22-24(28(17)19-9-3-2-4-10-19)14-13-18-8-7-15-27-25(18)22/h2-12,15-16H,1,13-14H2. The van der Waals surface area contributed by atoms with E-state index < -0.39 is 0 Å². The minimum absolute atomic E-state index is 0.246. The van der Waals surface area contributed by atoms with Crippen molar-refractivity contribution in [1.29, 1.82) is 0 Å². The van der Waals surface area contributed by atoms with Gasteiger partial charge in [-0.3, -0.25) is 4.98 Å². The van der Waals surface area contributed by atoms with E-state index in [-0.39, 0.29) is 5.82 Å². The monoisotopic (exact) mass is 366 g/mol. The first-order chi connectivity index (χ1) is 13.7. The molecule has 2 aliphatic rings. The Bertz CT molecular complexity index is 1140. The fourth-order valence-corrected chi connectivity index (χ4v) is 4.10. The van der Waals surface area contributed by atoms with E-state index in [9.17, 15) is 4.39 Å². The number of benzene rings is 2. The SMILES string of the molecule is C=C1C(c2ccccc2F)=CC2=C(CCc3cccnc32)N1c1ccccc1. The molecule has 0 atom stereocenters. The number of hydrogen-bond donors (Lipinski definition) is 0. The summed E-state index contributed by atoms with van der Waals surface area (Å²) in [6.07, 6.45) is 5.70. The lowest BCUT2D eigenvalue weighted by atomic mass is 9.85. The summed E-state index contributed by atoms with van der Waals surface area (Å²) in [6.45, 7) is 4.35. The van der Waals surface area contributed by atoms with Gasteiger partial charge in [-0.25, -0.2) is 4.39 Å². The third kappa shape index (κ3) is 2.59. The van der Waals surface area contributed by atoms with Crippen molar-refractivity contribution < 1.29 is 4.39 Å². The molecule has 2 heterocycles. The Morgan fingerprint density at radius 3 is 2.50 bits per heavy atom. The molecule has 0 spiro atoms. The molecule has 2 aromatic carbocycles. The third-order valence-electron chi connectivity index (χ3n) is 5.41. The van der Waals surface area contributed by atoms with Crippen molar-refractivity contribution in [3.63, 3.8) is 0 Å². The second-order valence-electron chi connectivity index (χ2n) is 7.03. The van der Waals surface area contributed by atoms with Crippen molar-refractivity contribution in [2.24, 2.45) is 0 Å². The van der Waals surface area contributed by atoms with Crippen LogP contribution in [0.4, 0.5) is 10.1 Å². The molecule has 0 fully saturated rings. The van der Waals surface area contributed by atoms with Crippen LogP contribution in [-0.2, 0) is 6.42 Å². The van der Waals surface area contributed by atoms with E-state index in [2.05, 4.69) is 40.7 Å². The highest BCUT2D eigenvalue weighted by atomic mass is 19.1. The second kappa shape index (κ2) is 6.61. The number of nitrogens with zero attached hydrogens (tertiary/aromatic N) is 2. The van der Waals surface area contributed by atoms with Gasteiger partial charge in [0.05, 0.1) is 5.69 Å². The highest BCUT2D eigenvalue weighted by Crippen LogP contribution is 2.45. The zero-order valence-corrected chi connectivity index (χ0v) is 15.4. The highest BCUT2D eigenvalue weighted by molar-refractivity contribution is 5.99. The topological polar surface area (TPSA) is 16.1 Å². The lowest BCUT2D eigenvalue weighted by molar-refractivity contribution is 0.624. The molecule has 0 N–H and O–H groups in total. The number of halogens is 1. The molecule has 136 valence electrons. The van der Waals surface area contributed by atoms with Crippen LogP contribution in [0.3, 0.4) is 0 Å². The maximum absolute atomic E-state index is 14.7. The Kier molecular flexibility index (Phi) is 3.94. The van der Waals surface area contributed by atoms with Gasteiger partial charge in [0.1, 0.15) is 5.82 Å². The predicted octanol–water partition coefficient (Wildman–Crippen LogP) is 6.00. The molecule has 0 saturated heterocycles.